The largest absolute Gasteiger partial charge is 0.383 e. The van der Waals surface area contributed by atoms with Crippen LogP contribution >= 0.6 is 11.3 Å². The average molecular weight is 270 g/mol. The molecule has 0 aliphatic rings. The van der Waals surface area contributed by atoms with Crippen LogP contribution in [0.1, 0.15) is 18.2 Å². The summed E-state index contributed by atoms with van der Waals surface area (Å²) in [5.41, 5.74) is 0. The molecule has 0 fully saturated rings. The summed E-state index contributed by atoms with van der Waals surface area (Å²) in [6, 6.07) is 4.06. The van der Waals surface area contributed by atoms with Crippen LogP contribution in [0, 0.1) is 0 Å². The van der Waals surface area contributed by atoms with E-state index in [1.165, 1.54) is 4.88 Å². The van der Waals surface area contributed by atoms with Gasteiger partial charge in [-0.15, -0.1) is 11.3 Å². The highest BCUT2D eigenvalue weighted by Gasteiger charge is 2.13. The van der Waals surface area contributed by atoms with Crippen molar-refractivity contribution in [2.24, 2.45) is 0 Å². The van der Waals surface area contributed by atoms with E-state index in [1.807, 2.05) is 16.3 Å². The standard InChI is InChI=1S/C13H22N2O2S/c1-3-6-14-10-13(16)15(7-8-17-2)11-12-5-4-9-18-12/h4-5,9,14H,3,6-8,10-11H2,1-2H3. The lowest BCUT2D eigenvalue weighted by atomic mass is 10.3. The number of nitrogens with one attached hydrogen (secondary N) is 1. The maximum Gasteiger partial charge on any atom is 0.236 e. The average Bonchev–Trinajstić information content (AvgIpc) is 2.87. The summed E-state index contributed by atoms with van der Waals surface area (Å²) in [4.78, 5) is 15.1. The molecule has 1 heterocycles. The Morgan fingerprint density at radius 3 is 3.00 bits per heavy atom. The van der Waals surface area contributed by atoms with Gasteiger partial charge in [-0.05, 0) is 24.4 Å². The van der Waals surface area contributed by atoms with E-state index < -0.39 is 0 Å². The number of ether oxygens (including phenoxy) is 1. The molecule has 1 rings (SSSR count). The van der Waals surface area contributed by atoms with Crippen LogP contribution in [-0.4, -0.2) is 44.2 Å². The highest BCUT2D eigenvalue weighted by Crippen LogP contribution is 2.11. The molecular weight excluding hydrogens is 248 g/mol. The van der Waals surface area contributed by atoms with Gasteiger partial charge in [0.15, 0.2) is 0 Å². The van der Waals surface area contributed by atoms with Gasteiger partial charge in [-0.1, -0.05) is 13.0 Å². The second kappa shape index (κ2) is 9.08. The third-order valence-corrected chi connectivity index (χ3v) is 3.41. The Bertz CT molecular complexity index is 328. The molecule has 18 heavy (non-hydrogen) atoms. The number of nitrogens with zero attached hydrogens (tertiary/aromatic N) is 1. The van der Waals surface area contributed by atoms with E-state index in [0.717, 1.165) is 13.0 Å². The summed E-state index contributed by atoms with van der Waals surface area (Å²) in [7, 11) is 1.66. The zero-order valence-corrected chi connectivity index (χ0v) is 12.0. The molecule has 0 spiro atoms. The number of hydrogen-bond acceptors (Lipinski definition) is 4. The lowest BCUT2D eigenvalue weighted by Crippen LogP contribution is -2.39. The predicted molar refractivity (Wildman–Crippen MR) is 74.8 cm³/mol. The molecule has 0 saturated heterocycles. The van der Waals surface area contributed by atoms with Crippen LogP contribution in [0.3, 0.4) is 0 Å². The van der Waals surface area contributed by atoms with Crippen molar-refractivity contribution in [3.63, 3.8) is 0 Å². The number of carbonyl (C=O) groups is 1. The molecule has 4 nitrogen and oxygen atoms in total. The van der Waals surface area contributed by atoms with E-state index in [-0.39, 0.29) is 5.91 Å². The molecule has 0 aliphatic carbocycles. The van der Waals surface area contributed by atoms with Crippen LogP contribution in [0.15, 0.2) is 17.5 Å². The zero-order chi connectivity index (χ0) is 13.2. The van der Waals surface area contributed by atoms with Crippen molar-refractivity contribution < 1.29 is 9.53 Å². The minimum Gasteiger partial charge on any atom is -0.383 e. The van der Waals surface area contributed by atoms with Gasteiger partial charge in [0.2, 0.25) is 5.91 Å². The Hall–Kier alpha value is -0.910. The van der Waals surface area contributed by atoms with Crippen molar-refractivity contribution in [1.29, 1.82) is 0 Å². The summed E-state index contributed by atoms with van der Waals surface area (Å²) in [5.74, 6) is 0.133. The first kappa shape index (κ1) is 15.1. The van der Waals surface area contributed by atoms with Crippen molar-refractivity contribution in [1.82, 2.24) is 10.2 Å². The fourth-order valence-corrected chi connectivity index (χ4v) is 2.29. The minimum absolute atomic E-state index is 0.133. The summed E-state index contributed by atoms with van der Waals surface area (Å²) in [6.07, 6.45) is 1.04. The van der Waals surface area contributed by atoms with Crippen molar-refractivity contribution in [3.05, 3.63) is 22.4 Å². The van der Waals surface area contributed by atoms with Gasteiger partial charge < -0.3 is 15.0 Å². The Balaban J connectivity index is 2.45. The van der Waals surface area contributed by atoms with Crippen molar-refractivity contribution in [3.8, 4) is 0 Å². The second-order valence-electron chi connectivity index (χ2n) is 4.06. The van der Waals surface area contributed by atoms with E-state index >= 15 is 0 Å². The Morgan fingerprint density at radius 2 is 2.39 bits per heavy atom. The van der Waals surface area contributed by atoms with Gasteiger partial charge in [-0.2, -0.15) is 0 Å². The molecular formula is C13H22N2O2S. The Morgan fingerprint density at radius 1 is 1.56 bits per heavy atom. The molecule has 1 aromatic heterocycles. The van der Waals surface area contributed by atoms with Crippen LogP contribution in [0.4, 0.5) is 0 Å². The van der Waals surface area contributed by atoms with Gasteiger partial charge in [-0.3, -0.25) is 4.79 Å². The highest BCUT2D eigenvalue weighted by molar-refractivity contribution is 7.09. The first-order valence-electron chi connectivity index (χ1n) is 6.27. The van der Waals surface area contributed by atoms with Crippen molar-refractivity contribution in [2.45, 2.75) is 19.9 Å². The highest BCUT2D eigenvalue weighted by atomic mass is 32.1. The number of hydrogen-bond donors (Lipinski definition) is 1. The third kappa shape index (κ3) is 5.62. The lowest BCUT2D eigenvalue weighted by Gasteiger charge is -2.22. The number of methoxy groups -OCH3 is 1. The monoisotopic (exact) mass is 270 g/mol. The quantitative estimate of drug-likeness (QED) is 0.695. The molecule has 1 aromatic rings. The molecule has 0 atom stereocenters. The Kier molecular flexibility index (Phi) is 7.64. The van der Waals surface area contributed by atoms with Crippen LogP contribution in [0.2, 0.25) is 0 Å². The smallest absolute Gasteiger partial charge is 0.236 e. The number of carbonyl (C=O) groups excluding carboxylic acids is 1. The van der Waals surface area contributed by atoms with E-state index in [9.17, 15) is 4.79 Å². The van der Waals surface area contributed by atoms with Gasteiger partial charge in [0, 0.05) is 18.5 Å². The first-order chi connectivity index (χ1) is 8.77. The van der Waals surface area contributed by atoms with Gasteiger partial charge >= 0.3 is 0 Å². The molecule has 1 N–H and O–H groups in total. The van der Waals surface area contributed by atoms with Crippen molar-refractivity contribution in [2.75, 3.05) is 33.4 Å². The summed E-state index contributed by atoms with van der Waals surface area (Å²) >= 11 is 1.68. The molecule has 0 bridgehead atoms. The molecule has 0 radical (unpaired) electrons. The topological polar surface area (TPSA) is 41.6 Å². The maximum absolute atomic E-state index is 12.1. The van der Waals surface area contributed by atoms with Crippen LogP contribution in [0.5, 0.6) is 0 Å². The molecule has 0 unspecified atom stereocenters. The van der Waals surface area contributed by atoms with Crippen LogP contribution in [-0.2, 0) is 16.1 Å². The normalized spacial score (nSPS) is 10.6. The fourth-order valence-electron chi connectivity index (χ4n) is 1.57. The summed E-state index contributed by atoms with van der Waals surface area (Å²) < 4.78 is 5.06. The Labute approximate surface area is 113 Å². The van der Waals surface area contributed by atoms with Gasteiger partial charge in [0.1, 0.15) is 0 Å². The minimum atomic E-state index is 0.133. The molecule has 1 amide bonds. The van der Waals surface area contributed by atoms with Gasteiger partial charge in [0.05, 0.1) is 19.7 Å². The zero-order valence-electron chi connectivity index (χ0n) is 11.1. The van der Waals surface area contributed by atoms with Crippen LogP contribution in [0.25, 0.3) is 0 Å². The van der Waals surface area contributed by atoms with E-state index in [4.69, 9.17) is 4.74 Å². The third-order valence-electron chi connectivity index (χ3n) is 2.55. The fraction of sp³-hybridized carbons (Fsp3) is 0.615. The number of amides is 1. The lowest BCUT2D eigenvalue weighted by molar-refractivity contribution is -0.131. The predicted octanol–water partition coefficient (Wildman–Crippen LogP) is 1.72. The van der Waals surface area contributed by atoms with E-state index in [0.29, 0.717) is 26.2 Å². The maximum atomic E-state index is 12.1. The van der Waals surface area contributed by atoms with Gasteiger partial charge in [-0.25, -0.2) is 0 Å². The molecule has 0 aromatic carbocycles. The van der Waals surface area contributed by atoms with Gasteiger partial charge in [0.25, 0.3) is 0 Å². The first-order valence-corrected chi connectivity index (χ1v) is 7.15. The number of rotatable bonds is 9. The van der Waals surface area contributed by atoms with Crippen molar-refractivity contribution >= 4 is 17.2 Å². The summed E-state index contributed by atoms with van der Waals surface area (Å²) in [5, 5.41) is 5.17. The van der Waals surface area contributed by atoms with Crippen LogP contribution < -0.4 is 5.32 Å². The SMILES string of the molecule is CCCNCC(=O)N(CCOC)Cc1cccs1. The second-order valence-corrected chi connectivity index (χ2v) is 5.10. The molecule has 102 valence electrons. The van der Waals surface area contributed by atoms with E-state index in [1.54, 1.807) is 18.4 Å². The molecule has 5 heteroatoms. The number of thiophene rings is 1. The molecule has 0 aliphatic heterocycles. The molecule has 0 saturated carbocycles. The van der Waals surface area contributed by atoms with E-state index in [2.05, 4.69) is 18.3 Å². The summed E-state index contributed by atoms with van der Waals surface area (Å²) in [6.45, 7) is 5.26.